The molecule has 2 aromatic carbocycles. The summed E-state index contributed by atoms with van der Waals surface area (Å²) in [5, 5.41) is 2.97. The van der Waals surface area contributed by atoms with Crippen LogP contribution < -0.4 is 10.0 Å². The van der Waals surface area contributed by atoms with E-state index in [0.29, 0.717) is 17.0 Å². The highest BCUT2D eigenvalue weighted by Crippen LogP contribution is 2.23. The van der Waals surface area contributed by atoms with Crippen LogP contribution in [0.4, 0.5) is 5.69 Å². The van der Waals surface area contributed by atoms with Crippen LogP contribution in [0.1, 0.15) is 22.3 Å². The third kappa shape index (κ3) is 4.84. The van der Waals surface area contributed by atoms with Crippen LogP contribution in [0.3, 0.4) is 0 Å². The molecule has 0 unspecified atom stereocenters. The first-order valence-electron chi connectivity index (χ1n) is 8.46. The van der Waals surface area contributed by atoms with Crippen molar-refractivity contribution in [2.75, 3.05) is 16.2 Å². The number of carbonyl (C=O) groups excluding carboxylic acids is 1. The monoisotopic (exact) mass is 442 g/mol. The lowest BCUT2D eigenvalue weighted by Crippen LogP contribution is -2.35. The minimum Gasteiger partial charge on any atom is -0.348 e. The van der Waals surface area contributed by atoms with Crippen molar-refractivity contribution in [3.05, 3.63) is 58.6 Å². The predicted octanol–water partition coefficient (Wildman–Crippen LogP) is 2.37. The number of benzene rings is 2. The van der Waals surface area contributed by atoms with Gasteiger partial charge in [-0.25, -0.2) is 16.8 Å². The van der Waals surface area contributed by atoms with E-state index < -0.39 is 31.8 Å². The summed E-state index contributed by atoms with van der Waals surface area (Å²) in [5.41, 5.74) is 0.978. The minimum atomic E-state index is -3.89. The van der Waals surface area contributed by atoms with E-state index in [2.05, 4.69) is 10.0 Å². The number of hydrogen-bond donors (Lipinski definition) is 2. The van der Waals surface area contributed by atoms with Crippen LogP contribution >= 0.6 is 11.6 Å². The zero-order chi connectivity index (χ0) is 20.5. The fourth-order valence-corrected chi connectivity index (χ4v) is 6.21. The second kappa shape index (κ2) is 7.73. The molecular formula is C18H19ClN2O5S2. The summed E-state index contributed by atoms with van der Waals surface area (Å²) in [5.74, 6) is -0.488. The van der Waals surface area contributed by atoms with E-state index >= 15 is 0 Å². The van der Waals surface area contributed by atoms with Crippen LogP contribution in [0, 0.1) is 6.92 Å². The summed E-state index contributed by atoms with van der Waals surface area (Å²) in [6, 6.07) is 10.1. The maximum Gasteiger partial charge on any atom is 0.262 e. The predicted molar refractivity (Wildman–Crippen MR) is 108 cm³/mol. The first kappa shape index (κ1) is 20.6. The maximum absolute atomic E-state index is 12.7. The fraction of sp³-hybridized carbons (Fsp3) is 0.278. The molecule has 1 atom stereocenters. The van der Waals surface area contributed by atoms with Crippen molar-refractivity contribution in [1.29, 1.82) is 0 Å². The molecule has 1 fully saturated rings. The highest BCUT2D eigenvalue weighted by atomic mass is 35.5. The van der Waals surface area contributed by atoms with E-state index in [1.54, 1.807) is 25.1 Å². The summed E-state index contributed by atoms with van der Waals surface area (Å²) in [7, 11) is -7.00. The Bertz CT molecular complexity index is 1130. The standard InChI is InChI=1S/C18H19ClN2O5S2/c1-12-5-6-14(19)10-17(12)28(25,26)21-15-4-2-3-13(9-15)18(22)20-16-7-8-27(23,24)11-16/h2-6,9-10,16,21H,7-8,11H2,1H3,(H,20,22)/t16-/m1/s1. The molecule has 2 aromatic rings. The molecule has 28 heavy (non-hydrogen) atoms. The summed E-state index contributed by atoms with van der Waals surface area (Å²) >= 11 is 5.91. The van der Waals surface area contributed by atoms with E-state index in [1.807, 2.05) is 0 Å². The van der Waals surface area contributed by atoms with E-state index in [-0.39, 0.29) is 27.7 Å². The van der Waals surface area contributed by atoms with Crippen molar-refractivity contribution in [1.82, 2.24) is 5.32 Å². The number of anilines is 1. The number of sulfone groups is 1. The molecule has 1 aliphatic rings. The Kier molecular flexibility index (Phi) is 5.69. The van der Waals surface area contributed by atoms with Crippen molar-refractivity contribution in [3.8, 4) is 0 Å². The molecule has 0 radical (unpaired) electrons. The fourth-order valence-electron chi connectivity index (χ4n) is 2.98. The van der Waals surface area contributed by atoms with E-state index in [4.69, 9.17) is 11.6 Å². The van der Waals surface area contributed by atoms with Gasteiger partial charge in [0.15, 0.2) is 9.84 Å². The second-order valence-corrected chi connectivity index (χ2v) is 11.0. The number of carbonyl (C=O) groups is 1. The molecule has 2 N–H and O–H groups in total. The van der Waals surface area contributed by atoms with Gasteiger partial charge >= 0.3 is 0 Å². The van der Waals surface area contributed by atoms with Crippen LogP contribution in [-0.2, 0) is 19.9 Å². The zero-order valence-electron chi connectivity index (χ0n) is 15.0. The Morgan fingerprint density at radius 1 is 1.18 bits per heavy atom. The largest absolute Gasteiger partial charge is 0.348 e. The molecule has 3 rings (SSSR count). The van der Waals surface area contributed by atoms with Crippen LogP contribution in [-0.4, -0.2) is 40.3 Å². The Labute approximate surface area is 169 Å². The highest BCUT2D eigenvalue weighted by Gasteiger charge is 2.29. The van der Waals surface area contributed by atoms with Gasteiger partial charge in [0.1, 0.15) is 0 Å². The molecular weight excluding hydrogens is 424 g/mol. The smallest absolute Gasteiger partial charge is 0.262 e. The minimum absolute atomic E-state index is 0.0472. The first-order chi connectivity index (χ1) is 13.1. The lowest BCUT2D eigenvalue weighted by molar-refractivity contribution is 0.0941. The van der Waals surface area contributed by atoms with Gasteiger partial charge in [-0.05, 0) is 49.2 Å². The van der Waals surface area contributed by atoms with E-state index in [9.17, 15) is 21.6 Å². The Balaban J connectivity index is 1.78. The van der Waals surface area contributed by atoms with E-state index in [1.165, 1.54) is 24.3 Å². The summed E-state index contributed by atoms with van der Waals surface area (Å²) in [4.78, 5) is 12.4. The molecule has 1 aliphatic heterocycles. The topological polar surface area (TPSA) is 109 Å². The third-order valence-electron chi connectivity index (χ3n) is 4.38. The lowest BCUT2D eigenvalue weighted by atomic mass is 10.1. The SMILES string of the molecule is Cc1ccc(Cl)cc1S(=O)(=O)Nc1cccc(C(=O)N[C@@H]2CCS(=O)(=O)C2)c1. The molecule has 1 heterocycles. The molecule has 0 aliphatic carbocycles. The van der Waals surface area contributed by atoms with Crippen LogP contribution in [0.25, 0.3) is 0 Å². The van der Waals surface area contributed by atoms with Crippen molar-refractivity contribution in [3.63, 3.8) is 0 Å². The quantitative estimate of drug-likeness (QED) is 0.738. The van der Waals surface area contributed by atoms with Crippen LogP contribution in [0.5, 0.6) is 0 Å². The van der Waals surface area contributed by atoms with Gasteiger partial charge in [0.25, 0.3) is 15.9 Å². The van der Waals surface area contributed by atoms with Gasteiger partial charge in [0.05, 0.1) is 16.4 Å². The van der Waals surface area contributed by atoms with Crippen molar-refractivity contribution < 1.29 is 21.6 Å². The molecule has 7 nitrogen and oxygen atoms in total. The molecule has 10 heteroatoms. The molecule has 0 bridgehead atoms. The number of sulfonamides is 1. The zero-order valence-corrected chi connectivity index (χ0v) is 17.4. The van der Waals surface area contributed by atoms with E-state index in [0.717, 1.165) is 0 Å². The van der Waals surface area contributed by atoms with Crippen molar-refractivity contribution in [2.45, 2.75) is 24.3 Å². The van der Waals surface area contributed by atoms with Gasteiger partial charge in [0, 0.05) is 22.3 Å². The normalized spacial score (nSPS) is 18.6. The molecule has 0 spiro atoms. The molecule has 0 saturated carbocycles. The van der Waals surface area contributed by atoms with Gasteiger partial charge in [-0.15, -0.1) is 0 Å². The summed E-state index contributed by atoms with van der Waals surface area (Å²) in [6.45, 7) is 1.66. The number of rotatable bonds is 5. The lowest BCUT2D eigenvalue weighted by Gasteiger charge is -2.13. The number of nitrogens with one attached hydrogen (secondary N) is 2. The van der Waals surface area contributed by atoms with Gasteiger partial charge < -0.3 is 5.32 Å². The Hall–Kier alpha value is -2.10. The Morgan fingerprint density at radius 3 is 2.61 bits per heavy atom. The molecule has 150 valence electrons. The summed E-state index contributed by atoms with van der Waals surface area (Å²) < 4.78 is 50.8. The van der Waals surface area contributed by atoms with Gasteiger partial charge in [-0.2, -0.15) is 0 Å². The number of aryl methyl sites for hydroxylation is 1. The third-order valence-corrected chi connectivity index (χ3v) is 7.91. The Morgan fingerprint density at radius 2 is 1.93 bits per heavy atom. The number of amides is 1. The number of halogens is 1. The molecule has 1 amide bonds. The van der Waals surface area contributed by atoms with Gasteiger partial charge in [-0.3, -0.25) is 9.52 Å². The highest BCUT2D eigenvalue weighted by molar-refractivity contribution is 7.92. The summed E-state index contributed by atoms with van der Waals surface area (Å²) in [6.07, 6.45) is 0.369. The van der Waals surface area contributed by atoms with Gasteiger partial charge in [0.2, 0.25) is 0 Å². The first-order valence-corrected chi connectivity index (χ1v) is 12.1. The average molecular weight is 443 g/mol. The molecule has 0 aromatic heterocycles. The maximum atomic E-state index is 12.7. The van der Waals surface area contributed by atoms with Crippen molar-refractivity contribution in [2.24, 2.45) is 0 Å². The molecule has 1 saturated heterocycles. The van der Waals surface area contributed by atoms with Gasteiger partial charge in [-0.1, -0.05) is 23.7 Å². The second-order valence-electron chi connectivity index (χ2n) is 6.67. The van der Waals surface area contributed by atoms with Crippen LogP contribution in [0.15, 0.2) is 47.4 Å². The average Bonchev–Trinajstić information content (AvgIpc) is 2.95. The number of hydrogen-bond acceptors (Lipinski definition) is 5. The van der Waals surface area contributed by atoms with Crippen LogP contribution in [0.2, 0.25) is 5.02 Å². The van der Waals surface area contributed by atoms with Crippen molar-refractivity contribution >= 4 is 43.1 Å².